The van der Waals surface area contributed by atoms with E-state index in [2.05, 4.69) is 5.32 Å². The number of amides is 1. The maximum absolute atomic E-state index is 12.3. The number of nitrogens with one attached hydrogen (secondary N) is 1. The third kappa shape index (κ3) is 4.18. The molecule has 0 aliphatic carbocycles. The molecule has 2 rings (SSSR count). The first-order valence-corrected chi connectivity index (χ1v) is 7.46. The molecule has 0 aromatic rings. The second-order valence-corrected chi connectivity index (χ2v) is 5.36. The van der Waals surface area contributed by atoms with Crippen molar-refractivity contribution in [2.24, 2.45) is 5.92 Å². The minimum absolute atomic E-state index is 0.0965. The molecule has 0 radical (unpaired) electrons. The van der Waals surface area contributed by atoms with Crippen LogP contribution < -0.4 is 5.32 Å². The highest BCUT2D eigenvalue weighted by Gasteiger charge is 2.30. The number of piperidine rings is 1. The van der Waals surface area contributed by atoms with Crippen molar-refractivity contribution in [1.82, 2.24) is 10.2 Å². The Morgan fingerprint density at radius 3 is 3.00 bits per heavy atom. The zero-order valence-corrected chi connectivity index (χ0v) is 12.1. The van der Waals surface area contributed by atoms with Crippen molar-refractivity contribution in [3.8, 4) is 0 Å². The molecule has 1 N–H and O–H groups in total. The average Bonchev–Trinajstić information content (AvgIpc) is 2.48. The Morgan fingerprint density at radius 1 is 1.45 bits per heavy atom. The predicted molar refractivity (Wildman–Crippen MR) is 73.2 cm³/mol. The average molecular weight is 284 g/mol. The number of ether oxygens (including phenoxy) is 2. The third-order valence-electron chi connectivity index (χ3n) is 3.81. The first-order chi connectivity index (χ1) is 9.70. The summed E-state index contributed by atoms with van der Waals surface area (Å²) in [5.74, 6) is -0.241. The van der Waals surface area contributed by atoms with E-state index in [0.29, 0.717) is 32.8 Å². The molecule has 6 nitrogen and oxygen atoms in total. The lowest BCUT2D eigenvalue weighted by Crippen LogP contribution is -2.48. The Hall–Kier alpha value is -1.14. The number of nitrogens with zero attached hydrogens (tertiary/aromatic N) is 1. The summed E-state index contributed by atoms with van der Waals surface area (Å²) >= 11 is 0. The fourth-order valence-electron chi connectivity index (χ4n) is 2.75. The summed E-state index contributed by atoms with van der Waals surface area (Å²) in [6.07, 6.45) is 2.12. The highest BCUT2D eigenvalue weighted by molar-refractivity contribution is 5.79. The second kappa shape index (κ2) is 7.59. The smallest absolute Gasteiger partial charge is 0.310 e. The van der Waals surface area contributed by atoms with Gasteiger partial charge in [-0.1, -0.05) is 0 Å². The monoisotopic (exact) mass is 284 g/mol. The largest absolute Gasteiger partial charge is 0.466 e. The molecule has 0 spiro atoms. The van der Waals surface area contributed by atoms with Crippen LogP contribution in [0.5, 0.6) is 0 Å². The number of rotatable bonds is 4. The molecule has 2 aliphatic heterocycles. The Balaban J connectivity index is 1.81. The van der Waals surface area contributed by atoms with Crippen LogP contribution >= 0.6 is 0 Å². The van der Waals surface area contributed by atoms with Gasteiger partial charge >= 0.3 is 5.97 Å². The zero-order valence-electron chi connectivity index (χ0n) is 12.1. The van der Waals surface area contributed by atoms with Gasteiger partial charge in [-0.2, -0.15) is 0 Å². The standard InChI is InChI=1S/C14H24N2O4/c1-2-20-14(18)11-4-3-6-16(9-11)13(17)8-12-10-19-7-5-15-12/h11-12,15H,2-10H2,1H3. The number of carbonyl (C=O) groups is 2. The molecule has 2 saturated heterocycles. The van der Waals surface area contributed by atoms with Crippen molar-refractivity contribution >= 4 is 11.9 Å². The van der Waals surface area contributed by atoms with E-state index >= 15 is 0 Å². The molecule has 0 bridgehead atoms. The molecule has 114 valence electrons. The number of hydrogen-bond donors (Lipinski definition) is 1. The highest BCUT2D eigenvalue weighted by atomic mass is 16.5. The van der Waals surface area contributed by atoms with Gasteiger partial charge in [-0.3, -0.25) is 9.59 Å². The van der Waals surface area contributed by atoms with E-state index in [-0.39, 0.29) is 23.8 Å². The summed E-state index contributed by atoms with van der Waals surface area (Å²) in [4.78, 5) is 25.8. The van der Waals surface area contributed by atoms with Crippen LogP contribution in [0, 0.1) is 5.92 Å². The minimum atomic E-state index is -0.177. The van der Waals surface area contributed by atoms with Gasteiger partial charge in [0.25, 0.3) is 0 Å². The zero-order chi connectivity index (χ0) is 14.4. The molecular formula is C14H24N2O4. The van der Waals surface area contributed by atoms with E-state index in [9.17, 15) is 9.59 Å². The van der Waals surface area contributed by atoms with E-state index in [1.54, 1.807) is 11.8 Å². The number of carbonyl (C=O) groups excluding carboxylic acids is 2. The molecule has 2 unspecified atom stereocenters. The van der Waals surface area contributed by atoms with Crippen LogP contribution in [0.15, 0.2) is 0 Å². The van der Waals surface area contributed by atoms with Gasteiger partial charge in [-0.25, -0.2) is 0 Å². The quantitative estimate of drug-likeness (QED) is 0.745. The number of morpholine rings is 1. The van der Waals surface area contributed by atoms with Crippen molar-refractivity contribution in [3.63, 3.8) is 0 Å². The second-order valence-electron chi connectivity index (χ2n) is 5.36. The Bertz CT molecular complexity index is 342. The first kappa shape index (κ1) is 15.3. The fourth-order valence-corrected chi connectivity index (χ4v) is 2.75. The van der Waals surface area contributed by atoms with E-state index in [1.807, 2.05) is 0 Å². The summed E-state index contributed by atoms with van der Waals surface area (Å²) in [7, 11) is 0. The number of esters is 1. The minimum Gasteiger partial charge on any atom is -0.466 e. The SMILES string of the molecule is CCOC(=O)C1CCCN(C(=O)CC2COCCN2)C1. The van der Waals surface area contributed by atoms with Crippen molar-refractivity contribution in [2.45, 2.75) is 32.2 Å². The maximum atomic E-state index is 12.3. The molecule has 1 amide bonds. The van der Waals surface area contributed by atoms with Gasteiger partial charge in [0.1, 0.15) is 0 Å². The van der Waals surface area contributed by atoms with Crippen LogP contribution in [0.1, 0.15) is 26.2 Å². The number of hydrogen-bond acceptors (Lipinski definition) is 5. The summed E-state index contributed by atoms with van der Waals surface area (Å²) in [5.41, 5.74) is 0. The van der Waals surface area contributed by atoms with Crippen molar-refractivity contribution < 1.29 is 19.1 Å². The topological polar surface area (TPSA) is 67.9 Å². The van der Waals surface area contributed by atoms with Crippen LogP contribution in [0.25, 0.3) is 0 Å². The predicted octanol–water partition coefficient (Wildman–Crippen LogP) is 0.167. The highest BCUT2D eigenvalue weighted by Crippen LogP contribution is 2.19. The van der Waals surface area contributed by atoms with Gasteiger partial charge in [0, 0.05) is 32.1 Å². The van der Waals surface area contributed by atoms with Crippen LogP contribution in [-0.2, 0) is 19.1 Å². The summed E-state index contributed by atoms with van der Waals surface area (Å²) in [6, 6.07) is 0.0965. The first-order valence-electron chi connectivity index (χ1n) is 7.46. The van der Waals surface area contributed by atoms with Crippen LogP contribution in [-0.4, -0.2) is 62.3 Å². The number of likely N-dealkylation sites (tertiary alicyclic amines) is 1. The fraction of sp³-hybridized carbons (Fsp3) is 0.857. The molecule has 0 saturated carbocycles. The molecule has 0 aromatic carbocycles. The van der Waals surface area contributed by atoms with E-state index < -0.39 is 0 Å². The summed E-state index contributed by atoms with van der Waals surface area (Å²) in [6.45, 7) is 5.52. The lowest BCUT2D eigenvalue weighted by atomic mass is 9.97. The molecule has 6 heteroatoms. The lowest BCUT2D eigenvalue weighted by Gasteiger charge is -2.33. The van der Waals surface area contributed by atoms with Crippen molar-refractivity contribution in [1.29, 1.82) is 0 Å². The Labute approximate surface area is 119 Å². The van der Waals surface area contributed by atoms with Crippen LogP contribution in [0.4, 0.5) is 0 Å². The van der Waals surface area contributed by atoms with Gasteiger partial charge in [0.2, 0.25) is 5.91 Å². The molecule has 2 heterocycles. The summed E-state index contributed by atoms with van der Waals surface area (Å²) in [5, 5.41) is 3.28. The summed E-state index contributed by atoms with van der Waals surface area (Å²) < 4.78 is 10.4. The lowest BCUT2D eigenvalue weighted by molar-refractivity contribution is -0.151. The molecule has 2 atom stereocenters. The van der Waals surface area contributed by atoms with E-state index in [4.69, 9.17) is 9.47 Å². The van der Waals surface area contributed by atoms with E-state index in [1.165, 1.54) is 0 Å². The third-order valence-corrected chi connectivity index (χ3v) is 3.81. The van der Waals surface area contributed by atoms with Gasteiger partial charge < -0.3 is 19.7 Å². The van der Waals surface area contributed by atoms with Gasteiger partial charge in [0.05, 0.1) is 25.7 Å². The van der Waals surface area contributed by atoms with Gasteiger partial charge in [-0.05, 0) is 19.8 Å². The molecule has 2 aliphatic rings. The normalized spacial score (nSPS) is 27.1. The van der Waals surface area contributed by atoms with Gasteiger partial charge in [0.15, 0.2) is 0 Å². The van der Waals surface area contributed by atoms with Crippen molar-refractivity contribution in [3.05, 3.63) is 0 Å². The molecule has 0 aromatic heterocycles. The maximum Gasteiger partial charge on any atom is 0.310 e. The Kier molecular flexibility index (Phi) is 5.79. The van der Waals surface area contributed by atoms with Crippen LogP contribution in [0.2, 0.25) is 0 Å². The Morgan fingerprint density at radius 2 is 2.30 bits per heavy atom. The van der Waals surface area contributed by atoms with Crippen molar-refractivity contribution in [2.75, 3.05) is 39.5 Å². The van der Waals surface area contributed by atoms with Crippen LogP contribution in [0.3, 0.4) is 0 Å². The molecule has 20 heavy (non-hydrogen) atoms. The molecule has 2 fully saturated rings. The van der Waals surface area contributed by atoms with E-state index in [0.717, 1.165) is 25.9 Å². The molecular weight excluding hydrogens is 260 g/mol. The van der Waals surface area contributed by atoms with Gasteiger partial charge in [-0.15, -0.1) is 0 Å².